The van der Waals surface area contributed by atoms with Gasteiger partial charge in [-0.2, -0.15) is 13.2 Å². The number of benzene rings is 2. The standard InChI is InChI=1S/C17H15F3N2O3S/c18-17(19,20)12-6-8-15(9-7-12)26(24,25)21-13-3-1-4-14(11-13)22-10-2-5-16(22)23/h1,3-4,6-9,11,21H,2,5,10H2. The van der Waals surface area contributed by atoms with Crippen LogP contribution in [0.2, 0.25) is 0 Å². The van der Waals surface area contributed by atoms with Crippen molar-refractivity contribution >= 4 is 27.3 Å². The van der Waals surface area contributed by atoms with E-state index in [4.69, 9.17) is 0 Å². The molecular weight excluding hydrogens is 369 g/mol. The summed E-state index contributed by atoms with van der Waals surface area (Å²) in [6.07, 6.45) is -3.35. The average Bonchev–Trinajstić information content (AvgIpc) is 3.00. The van der Waals surface area contributed by atoms with Crippen molar-refractivity contribution in [3.63, 3.8) is 0 Å². The molecule has 9 heteroatoms. The number of hydrogen-bond acceptors (Lipinski definition) is 3. The van der Waals surface area contributed by atoms with Gasteiger partial charge in [0.2, 0.25) is 5.91 Å². The Bertz CT molecular complexity index is 925. The fourth-order valence-corrected chi connectivity index (χ4v) is 3.75. The minimum Gasteiger partial charge on any atom is -0.312 e. The Morgan fingerprint density at radius 3 is 2.31 bits per heavy atom. The lowest BCUT2D eigenvalue weighted by Gasteiger charge is -2.17. The van der Waals surface area contributed by atoms with Gasteiger partial charge in [0.1, 0.15) is 0 Å². The maximum absolute atomic E-state index is 12.6. The first-order chi connectivity index (χ1) is 12.2. The molecule has 5 nitrogen and oxygen atoms in total. The van der Waals surface area contributed by atoms with Crippen LogP contribution in [0.3, 0.4) is 0 Å². The van der Waals surface area contributed by atoms with Gasteiger partial charge in [-0.1, -0.05) is 6.07 Å². The van der Waals surface area contributed by atoms with E-state index in [1.807, 2.05) is 0 Å². The first-order valence-corrected chi connectivity index (χ1v) is 9.26. The summed E-state index contributed by atoms with van der Waals surface area (Å²) in [6.45, 7) is 0.563. The van der Waals surface area contributed by atoms with Crippen molar-refractivity contribution in [2.45, 2.75) is 23.9 Å². The molecule has 0 aliphatic carbocycles. The normalized spacial score (nSPS) is 15.3. The molecule has 0 aromatic heterocycles. The fraction of sp³-hybridized carbons (Fsp3) is 0.235. The van der Waals surface area contributed by atoms with Gasteiger partial charge in [0.05, 0.1) is 16.1 Å². The molecular formula is C17H15F3N2O3S. The predicted octanol–water partition coefficient (Wildman–Crippen LogP) is 3.63. The van der Waals surface area contributed by atoms with Gasteiger partial charge in [0.25, 0.3) is 10.0 Å². The molecule has 0 atom stereocenters. The molecule has 1 fully saturated rings. The van der Waals surface area contributed by atoms with Crippen LogP contribution in [0.25, 0.3) is 0 Å². The second kappa shape index (κ2) is 6.64. The summed E-state index contributed by atoms with van der Waals surface area (Å²) in [5.41, 5.74) is -0.131. The highest BCUT2D eigenvalue weighted by Crippen LogP contribution is 2.30. The molecule has 1 aliphatic heterocycles. The first-order valence-electron chi connectivity index (χ1n) is 7.77. The van der Waals surface area contributed by atoms with Gasteiger partial charge < -0.3 is 4.90 Å². The quantitative estimate of drug-likeness (QED) is 0.875. The highest BCUT2D eigenvalue weighted by Gasteiger charge is 2.30. The molecule has 26 heavy (non-hydrogen) atoms. The SMILES string of the molecule is O=C1CCCN1c1cccc(NS(=O)(=O)c2ccc(C(F)(F)F)cc2)c1. The van der Waals surface area contributed by atoms with Crippen molar-refractivity contribution < 1.29 is 26.4 Å². The molecule has 1 N–H and O–H groups in total. The van der Waals surface area contributed by atoms with Crippen molar-refractivity contribution in [1.29, 1.82) is 0 Å². The van der Waals surface area contributed by atoms with E-state index >= 15 is 0 Å². The maximum Gasteiger partial charge on any atom is 0.416 e. The van der Waals surface area contributed by atoms with Crippen LogP contribution in [0, 0.1) is 0 Å². The van der Waals surface area contributed by atoms with E-state index in [2.05, 4.69) is 4.72 Å². The lowest BCUT2D eigenvalue weighted by molar-refractivity contribution is -0.137. The summed E-state index contributed by atoms with van der Waals surface area (Å²) in [7, 11) is -4.05. The zero-order valence-corrected chi connectivity index (χ0v) is 14.3. The van der Waals surface area contributed by atoms with E-state index in [9.17, 15) is 26.4 Å². The lowest BCUT2D eigenvalue weighted by Crippen LogP contribution is -2.23. The molecule has 1 saturated heterocycles. The number of carbonyl (C=O) groups is 1. The van der Waals surface area contributed by atoms with Crippen LogP contribution >= 0.6 is 0 Å². The van der Waals surface area contributed by atoms with Gasteiger partial charge in [-0.3, -0.25) is 9.52 Å². The molecule has 2 aromatic rings. The zero-order valence-electron chi connectivity index (χ0n) is 13.5. The second-order valence-corrected chi connectivity index (χ2v) is 7.51. The van der Waals surface area contributed by atoms with Crippen molar-refractivity contribution in [2.24, 2.45) is 0 Å². The molecule has 0 bridgehead atoms. The highest BCUT2D eigenvalue weighted by molar-refractivity contribution is 7.92. The number of hydrogen-bond donors (Lipinski definition) is 1. The van der Waals surface area contributed by atoms with E-state index in [0.717, 1.165) is 18.6 Å². The summed E-state index contributed by atoms with van der Waals surface area (Å²) in [4.78, 5) is 13.1. The number of carbonyl (C=O) groups excluding carboxylic acids is 1. The van der Waals surface area contributed by atoms with E-state index in [-0.39, 0.29) is 16.5 Å². The number of nitrogens with one attached hydrogen (secondary N) is 1. The molecule has 2 aromatic carbocycles. The second-order valence-electron chi connectivity index (χ2n) is 5.83. The Hall–Kier alpha value is -2.55. The highest BCUT2D eigenvalue weighted by atomic mass is 32.2. The van der Waals surface area contributed by atoms with Crippen LogP contribution in [0.1, 0.15) is 18.4 Å². The summed E-state index contributed by atoms with van der Waals surface area (Å²) in [5, 5.41) is 0. The molecule has 0 spiro atoms. The summed E-state index contributed by atoms with van der Waals surface area (Å²) >= 11 is 0. The Balaban J connectivity index is 1.82. The van der Waals surface area contributed by atoms with Crippen LogP contribution in [-0.2, 0) is 21.0 Å². The topological polar surface area (TPSA) is 66.5 Å². The van der Waals surface area contributed by atoms with Gasteiger partial charge in [0, 0.05) is 18.7 Å². The maximum atomic E-state index is 12.6. The molecule has 3 rings (SSSR count). The van der Waals surface area contributed by atoms with Crippen molar-refractivity contribution in [2.75, 3.05) is 16.2 Å². The minimum absolute atomic E-state index is 0.0345. The van der Waals surface area contributed by atoms with Gasteiger partial charge in [0.15, 0.2) is 0 Å². The number of anilines is 2. The van der Waals surface area contributed by atoms with Crippen LogP contribution in [0.4, 0.5) is 24.5 Å². The van der Waals surface area contributed by atoms with E-state index in [1.165, 1.54) is 12.1 Å². The average molecular weight is 384 g/mol. The molecule has 0 unspecified atom stereocenters. The van der Waals surface area contributed by atoms with Crippen LogP contribution in [-0.4, -0.2) is 20.9 Å². The Kier molecular flexibility index (Phi) is 4.66. The number of alkyl halides is 3. The summed E-state index contributed by atoms with van der Waals surface area (Å²) in [5.74, 6) is -0.0345. The molecule has 0 saturated carbocycles. The van der Waals surface area contributed by atoms with E-state index in [1.54, 1.807) is 17.0 Å². The van der Waals surface area contributed by atoms with Gasteiger partial charge in [-0.05, 0) is 48.9 Å². The lowest BCUT2D eigenvalue weighted by atomic mass is 10.2. The van der Waals surface area contributed by atoms with Crippen molar-refractivity contribution in [3.05, 3.63) is 54.1 Å². The number of halogens is 3. The van der Waals surface area contributed by atoms with Crippen molar-refractivity contribution in [1.82, 2.24) is 0 Å². The number of amides is 1. The van der Waals surface area contributed by atoms with Gasteiger partial charge in [-0.15, -0.1) is 0 Å². The molecule has 1 heterocycles. The molecule has 1 aliphatic rings. The number of nitrogens with zero attached hydrogens (tertiary/aromatic N) is 1. The van der Waals surface area contributed by atoms with E-state index < -0.39 is 21.8 Å². The zero-order chi connectivity index (χ0) is 18.9. The molecule has 138 valence electrons. The minimum atomic E-state index is -4.54. The third-order valence-corrected chi connectivity index (χ3v) is 5.37. The van der Waals surface area contributed by atoms with Gasteiger partial charge >= 0.3 is 6.18 Å². The summed E-state index contributed by atoms with van der Waals surface area (Å²) in [6, 6.07) is 9.56. The molecule has 1 amide bonds. The third-order valence-electron chi connectivity index (χ3n) is 3.98. The Morgan fingerprint density at radius 1 is 1.04 bits per heavy atom. The Morgan fingerprint density at radius 2 is 1.73 bits per heavy atom. The van der Waals surface area contributed by atoms with Crippen molar-refractivity contribution in [3.8, 4) is 0 Å². The monoisotopic (exact) mass is 384 g/mol. The number of rotatable bonds is 4. The largest absolute Gasteiger partial charge is 0.416 e. The smallest absolute Gasteiger partial charge is 0.312 e. The number of sulfonamides is 1. The van der Waals surface area contributed by atoms with Crippen LogP contribution < -0.4 is 9.62 Å². The predicted molar refractivity (Wildman–Crippen MR) is 90.3 cm³/mol. The van der Waals surface area contributed by atoms with E-state index in [0.29, 0.717) is 30.8 Å². The van der Waals surface area contributed by atoms with Crippen LogP contribution in [0.15, 0.2) is 53.4 Å². The summed E-state index contributed by atoms with van der Waals surface area (Å²) < 4.78 is 64.9. The fourth-order valence-electron chi connectivity index (χ4n) is 2.70. The third kappa shape index (κ3) is 3.82. The Labute approximate surface area is 148 Å². The van der Waals surface area contributed by atoms with Gasteiger partial charge in [-0.25, -0.2) is 8.42 Å². The molecule has 0 radical (unpaired) electrons. The van der Waals surface area contributed by atoms with Crippen LogP contribution in [0.5, 0.6) is 0 Å². The first kappa shape index (κ1) is 18.2.